The molecule has 124 valence electrons. The minimum absolute atomic E-state index is 0.0979. The highest BCUT2D eigenvalue weighted by atomic mass is 35.5. The molecule has 1 aliphatic rings. The molecule has 0 aromatic heterocycles. The second kappa shape index (κ2) is 5.81. The van der Waals surface area contributed by atoms with Crippen molar-refractivity contribution in [3.8, 4) is 6.07 Å². The van der Waals surface area contributed by atoms with Crippen molar-refractivity contribution in [2.75, 3.05) is 13.6 Å². The van der Waals surface area contributed by atoms with Crippen LogP contribution in [0, 0.1) is 16.7 Å². The number of nitriles is 1. The molecular formula is C16H19ClN2O3S. The molecule has 1 aliphatic carbocycles. The maximum atomic E-state index is 12.9. The summed E-state index contributed by atoms with van der Waals surface area (Å²) in [6.07, 6.45) is 0.599. The van der Waals surface area contributed by atoms with E-state index in [0.29, 0.717) is 17.9 Å². The van der Waals surface area contributed by atoms with Gasteiger partial charge in [-0.25, -0.2) is 8.42 Å². The number of hydrogen-bond acceptors (Lipinski definition) is 4. The standard InChI is InChI=1S/C16H19ClN2O3S/c1-15(2,10-18)11-19(3)14(20)16(8-9-16)23(21,22)13-6-4-12(17)5-7-13/h4-7H,8-9,11H2,1-3H3. The van der Waals surface area contributed by atoms with Crippen molar-refractivity contribution in [3.05, 3.63) is 29.3 Å². The Bertz CT molecular complexity index is 760. The van der Waals surface area contributed by atoms with E-state index < -0.39 is 25.9 Å². The van der Waals surface area contributed by atoms with E-state index in [1.165, 1.54) is 29.2 Å². The molecular weight excluding hydrogens is 336 g/mol. The van der Waals surface area contributed by atoms with Gasteiger partial charge in [0.1, 0.15) is 0 Å². The van der Waals surface area contributed by atoms with Gasteiger partial charge in [0.25, 0.3) is 0 Å². The van der Waals surface area contributed by atoms with Crippen LogP contribution in [0.2, 0.25) is 5.02 Å². The van der Waals surface area contributed by atoms with Crippen LogP contribution in [-0.4, -0.2) is 37.6 Å². The number of amides is 1. The largest absolute Gasteiger partial charge is 0.343 e. The molecule has 0 N–H and O–H groups in total. The number of carbonyl (C=O) groups excluding carboxylic acids is 1. The Kier molecular flexibility index (Phi) is 4.49. The zero-order valence-electron chi connectivity index (χ0n) is 13.3. The first kappa shape index (κ1) is 17.8. The molecule has 5 nitrogen and oxygen atoms in total. The summed E-state index contributed by atoms with van der Waals surface area (Å²) in [7, 11) is -2.24. The molecule has 1 amide bonds. The van der Waals surface area contributed by atoms with Gasteiger partial charge in [-0.15, -0.1) is 0 Å². The first-order chi connectivity index (χ1) is 10.6. The quantitative estimate of drug-likeness (QED) is 0.814. The maximum Gasteiger partial charge on any atom is 0.244 e. The van der Waals surface area contributed by atoms with Crippen LogP contribution in [0.1, 0.15) is 26.7 Å². The molecule has 0 heterocycles. The van der Waals surface area contributed by atoms with Gasteiger partial charge in [-0.05, 0) is 51.0 Å². The Labute approximate surface area is 141 Å². The number of rotatable bonds is 5. The normalized spacial score (nSPS) is 16.5. The third-order valence-electron chi connectivity index (χ3n) is 4.01. The Morgan fingerprint density at radius 3 is 2.30 bits per heavy atom. The van der Waals surface area contributed by atoms with Crippen LogP contribution in [0.15, 0.2) is 29.2 Å². The van der Waals surface area contributed by atoms with E-state index in [-0.39, 0.29) is 11.4 Å². The van der Waals surface area contributed by atoms with Crippen molar-refractivity contribution < 1.29 is 13.2 Å². The summed E-state index contributed by atoms with van der Waals surface area (Å²) < 4.78 is 24.3. The zero-order valence-corrected chi connectivity index (χ0v) is 14.9. The van der Waals surface area contributed by atoms with Crippen molar-refractivity contribution in [2.24, 2.45) is 5.41 Å². The van der Waals surface area contributed by atoms with Gasteiger partial charge in [-0.2, -0.15) is 5.26 Å². The van der Waals surface area contributed by atoms with Crippen molar-refractivity contribution in [3.63, 3.8) is 0 Å². The molecule has 0 radical (unpaired) electrons. The molecule has 0 atom stereocenters. The Morgan fingerprint density at radius 2 is 1.87 bits per heavy atom. The summed E-state index contributed by atoms with van der Waals surface area (Å²) in [4.78, 5) is 14.2. The van der Waals surface area contributed by atoms with E-state index in [4.69, 9.17) is 16.9 Å². The summed E-state index contributed by atoms with van der Waals surface area (Å²) in [6, 6.07) is 7.95. The van der Waals surface area contributed by atoms with Gasteiger partial charge in [-0.3, -0.25) is 4.79 Å². The molecule has 7 heteroatoms. The summed E-state index contributed by atoms with van der Waals surface area (Å²) in [5, 5.41) is 9.53. The summed E-state index contributed by atoms with van der Waals surface area (Å²) in [5.41, 5.74) is -0.732. The Balaban J connectivity index is 2.30. The fraction of sp³-hybridized carbons (Fsp3) is 0.500. The van der Waals surface area contributed by atoms with Gasteiger partial charge >= 0.3 is 0 Å². The number of benzene rings is 1. The van der Waals surface area contributed by atoms with Gasteiger partial charge < -0.3 is 4.90 Å². The fourth-order valence-electron chi connectivity index (χ4n) is 2.60. The third-order valence-corrected chi connectivity index (χ3v) is 6.77. The first-order valence-electron chi connectivity index (χ1n) is 7.23. The van der Waals surface area contributed by atoms with Crippen LogP contribution in [-0.2, 0) is 14.6 Å². The van der Waals surface area contributed by atoms with Gasteiger partial charge in [-0.1, -0.05) is 11.6 Å². The molecule has 1 aromatic rings. The van der Waals surface area contributed by atoms with Gasteiger partial charge in [0.2, 0.25) is 5.91 Å². The molecule has 23 heavy (non-hydrogen) atoms. The number of hydrogen-bond donors (Lipinski definition) is 0. The first-order valence-corrected chi connectivity index (χ1v) is 9.09. The topological polar surface area (TPSA) is 78.2 Å². The average Bonchev–Trinajstić information content (AvgIpc) is 3.28. The molecule has 1 aromatic carbocycles. The Hall–Kier alpha value is -1.58. The van der Waals surface area contributed by atoms with Crippen molar-refractivity contribution in [2.45, 2.75) is 36.3 Å². The molecule has 0 unspecified atom stereocenters. The van der Waals surface area contributed by atoms with Crippen LogP contribution in [0.4, 0.5) is 0 Å². The second-order valence-corrected chi connectivity index (χ2v) is 9.30. The highest BCUT2D eigenvalue weighted by Gasteiger charge is 2.62. The smallest absolute Gasteiger partial charge is 0.244 e. The maximum absolute atomic E-state index is 12.9. The van der Waals surface area contributed by atoms with E-state index in [0.717, 1.165) is 0 Å². The lowest BCUT2D eigenvalue weighted by atomic mass is 9.95. The van der Waals surface area contributed by atoms with Crippen LogP contribution >= 0.6 is 11.6 Å². The average molecular weight is 355 g/mol. The van der Waals surface area contributed by atoms with E-state index >= 15 is 0 Å². The van der Waals surface area contributed by atoms with E-state index in [2.05, 4.69) is 6.07 Å². The SMILES string of the molecule is CN(CC(C)(C)C#N)C(=O)C1(S(=O)(=O)c2ccc(Cl)cc2)CC1. The molecule has 0 bridgehead atoms. The van der Waals surface area contributed by atoms with E-state index in [1.807, 2.05) is 0 Å². The van der Waals surface area contributed by atoms with Crippen molar-refractivity contribution in [1.29, 1.82) is 5.26 Å². The van der Waals surface area contributed by atoms with Crippen LogP contribution in [0.25, 0.3) is 0 Å². The van der Waals surface area contributed by atoms with Crippen molar-refractivity contribution >= 4 is 27.3 Å². The van der Waals surface area contributed by atoms with Gasteiger partial charge in [0.15, 0.2) is 14.6 Å². The summed E-state index contributed by atoms with van der Waals surface area (Å²) >= 11 is 5.79. The number of nitrogens with zero attached hydrogens (tertiary/aromatic N) is 2. The Morgan fingerprint density at radius 1 is 1.35 bits per heavy atom. The summed E-state index contributed by atoms with van der Waals surface area (Å²) in [5.74, 6) is -0.448. The van der Waals surface area contributed by atoms with Crippen LogP contribution in [0.3, 0.4) is 0 Å². The highest BCUT2D eigenvalue weighted by Crippen LogP contribution is 2.48. The minimum atomic E-state index is -3.78. The number of sulfone groups is 1. The van der Waals surface area contributed by atoms with Crippen LogP contribution in [0.5, 0.6) is 0 Å². The fourth-order valence-corrected chi connectivity index (χ4v) is 4.70. The number of carbonyl (C=O) groups is 1. The predicted octanol–water partition coefficient (Wildman–Crippen LogP) is 2.65. The molecule has 1 saturated carbocycles. The predicted molar refractivity (Wildman–Crippen MR) is 87.6 cm³/mol. The van der Waals surface area contributed by atoms with Crippen LogP contribution < -0.4 is 0 Å². The van der Waals surface area contributed by atoms with Gasteiger partial charge in [0, 0.05) is 18.6 Å². The molecule has 2 rings (SSSR count). The van der Waals surface area contributed by atoms with E-state index in [1.54, 1.807) is 20.9 Å². The monoisotopic (exact) mass is 354 g/mol. The molecule has 0 spiro atoms. The lowest BCUT2D eigenvalue weighted by Crippen LogP contribution is -2.46. The lowest BCUT2D eigenvalue weighted by molar-refractivity contribution is -0.131. The highest BCUT2D eigenvalue weighted by molar-refractivity contribution is 7.94. The summed E-state index contributed by atoms with van der Waals surface area (Å²) in [6.45, 7) is 3.61. The third kappa shape index (κ3) is 3.22. The molecule has 0 saturated heterocycles. The van der Waals surface area contributed by atoms with E-state index in [9.17, 15) is 13.2 Å². The van der Waals surface area contributed by atoms with Crippen molar-refractivity contribution in [1.82, 2.24) is 4.90 Å². The zero-order chi connectivity index (χ0) is 17.5. The second-order valence-electron chi connectivity index (χ2n) is 6.61. The molecule has 0 aliphatic heterocycles. The molecule has 1 fully saturated rings. The number of halogens is 1. The minimum Gasteiger partial charge on any atom is -0.343 e. The van der Waals surface area contributed by atoms with Gasteiger partial charge in [0.05, 0.1) is 16.4 Å². The lowest BCUT2D eigenvalue weighted by Gasteiger charge is -2.28.